The fourth-order valence-electron chi connectivity index (χ4n) is 1.55. The summed E-state index contributed by atoms with van der Waals surface area (Å²) >= 11 is 0. The molecular weight excluding hydrogens is 216 g/mol. The minimum Gasteiger partial charge on any atom is -0.396 e. The van der Waals surface area contributed by atoms with Crippen LogP contribution in [0, 0.1) is 12.8 Å². The summed E-state index contributed by atoms with van der Waals surface area (Å²) in [5, 5.41) is 16.6. The van der Waals surface area contributed by atoms with Crippen LogP contribution < -0.4 is 5.32 Å². The van der Waals surface area contributed by atoms with Crippen LogP contribution in [0.15, 0.2) is 18.3 Å². The first-order chi connectivity index (χ1) is 8.10. The lowest BCUT2D eigenvalue weighted by atomic mass is 10.1. The highest BCUT2D eigenvalue weighted by molar-refractivity contribution is 5.45. The van der Waals surface area contributed by atoms with E-state index in [4.69, 9.17) is 5.11 Å². The van der Waals surface area contributed by atoms with E-state index in [9.17, 15) is 0 Å². The van der Waals surface area contributed by atoms with Crippen LogP contribution in [0.5, 0.6) is 0 Å². The number of fused-ring (bicyclic) bond motifs is 1. The Morgan fingerprint density at radius 2 is 2.24 bits per heavy atom. The molecule has 2 N–H and O–H groups in total. The maximum atomic E-state index is 9.07. The van der Waals surface area contributed by atoms with Gasteiger partial charge in [0.25, 0.3) is 0 Å². The molecule has 2 rings (SSSR count). The van der Waals surface area contributed by atoms with Crippen LogP contribution in [0.25, 0.3) is 5.65 Å². The van der Waals surface area contributed by atoms with Crippen molar-refractivity contribution in [3.8, 4) is 0 Å². The highest BCUT2D eigenvalue weighted by Crippen LogP contribution is 2.11. The first-order valence-electron chi connectivity index (χ1n) is 5.80. The standard InChI is InChI=1S/C12H18N4O/c1-8-4-5-16-11(6-8)14-12(15-16)13-10(3)9(2)7-17/h4-6,9-10,17H,7H2,1-3H3,(H,13,15). The molecule has 0 amide bonds. The monoisotopic (exact) mass is 234 g/mol. The van der Waals surface area contributed by atoms with Crippen molar-refractivity contribution in [2.75, 3.05) is 11.9 Å². The zero-order valence-corrected chi connectivity index (χ0v) is 10.4. The number of nitrogens with one attached hydrogen (secondary N) is 1. The van der Waals surface area contributed by atoms with Crippen molar-refractivity contribution in [2.24, 2.45) is 5.92 Å². The van der Waals surface area contributed by atoms with Crippen molar-refractivity contribution in [1.82, 2.24) is 14.6 Å². The summed E-state index contributed by atoms with van der Waals surface area (Å²) in [6.45, 7) is 6.17. The summed E-state index contributed by atoms with van der Waals surface area (Å²) in [5.74, 6) is 0.770. The molecule has 0 aliphatic rings. The number of hydrogen-bond donors (Lipinski definition) is 2. The summed E-state index contributed by atoms with van der Waals surface area (Å²) in [4.78, 5) is 4.39. The molecule has 5 nitrogen and oxygen atoms in total. The zero-order chi connectivity index (χ0) is 12.4. The van der Waals surface area contributed by atoms with Crippen molar-refractivity contribution in [3.05, 3.63) is 23.9 Å². The van der Waals surface area contributed by atoms with E-state index in [1.54, 1.807) is 4.52 Å². The van der Waals surface area contributed by atoms with Gasteiger partial charge in [0.2, 0.25) is 5.95 Å². The van der Waals surface area contributed by atoms with E-state index < -0.39 is 0 Å². The van der Waals surface area contributed by atoms with Crippen molar-refractivity contribution < 1.29 is 5.11 Å². The average molecular weight is 234 g/mol. The Morgan fingerprint density at radius 1 is 1.47 bits per heavy atom. The molecule has 2 heterocycles. The van der Waals surface area contributed by atoms with E-state index in [1.165, 1.54) is 0 Å². The minimum absolute atomic E-state index is 0.138. The zero-order valence-electron chi connectivity index (χ0n) is 10.4. The van der Waals surface area contributed by atoms with Crippen molar-refractivity contribution in [1.29, 1.82) is 0 Å². The summed E-state index contributed by atoms with van der Waals surface area (Å²) in [6, 6.07) is 4.11. The van der Waals surface area contributed by atoms with Crippen LogP contribution in [0.1, 0.15) is 19.4 Å². The van der Waals surface area contributed by atoms with Crippen molar-refractivity contribution in [3.63, 3.8) is 0 Å². The Balaban J connectivity index is 2.19. The molecule has 0 radical (unpaired) electrons. The molecule has 2 unspecified atom stereocenters. The van der Waals surface area contributed by atoms with Gasteiger partial charge in [-0.05, 0) is 37.5 Å². The van der Waals surface area contributed by atoms with E-state index in [-0.39, 0.29) is 18.6 Å². The van der Waals surface area contributed by atoms with Gasteiger partial charge in [0.05, 0.1) is 0 Å². The molecular formula is C12H18N4O. The Kier molecular flexibility index (Phi) is 3.28. The lowest BCUT2D eigenvalue weighted by Gasteiger charge is -2.17. The van der Waals surface area contributed by atoms with Crippen molar-refractivity contribution in [2.45, 2.75) is 26.8 Å². The highest BCUT2D eigenvalue weighted by Gasteiger charge is 2.13. The van der Waals surface area contributed by atoms with E-state index >= 15 is 0 Å². The molecule has 0 aliphatic carbocycles. The van der Waals surface area contributed by atoms with Gasteiger partial charge in [-0.25, -0.2) is 4.52 Å². The van der Waals surface area contributed by atoms with Crippen LogP contribution in [0.4, 0.5) is 5.95 Å². The summed E-state index contributed by atoms with van der Waals surface area (Å²) in [7, 11) is 0. The Hall–Kier alpha value is -1.62. The Morgan fingerprint density at radius 3 is 2.94 bits per heavy atom. The fourth-order valence-corrected chi connectivity index (χ4v) is 1.55. The van der Waals surface area contributed by atoms with Gasteiger partial charge in [0, 0.05) is 18.8 Å². The topological polar surface area (TPSA) is 62.5 Å². The number of anilines is 1. The molecule has 5 heteroatoms. The van der Waals surface area contributed by atoms with Gasteiger partial charge in [0.15, 0.2) is 5.65 Å². The number of aliphatic hydroxyl groups excluding tert-OH is 1. The van der Waals surface area contributed by atoms with Crippen LogP contribution in [0.3, 0.4) is 0 Å². The van der Waals surface area contributed by atoms with Gasteiger partial charge in [0.1, 0.15) is 0 Å². The Labute approximate surface area is 100 Å². The normalized spacial score (nSPS) is 14.8. The van der Waals surface area contributed by atoms with Gasteiger partial charge < -0.3 is 10.4 Å². The molecule has 92 valence electrons. The second-order valence-electron chi connectivity index (χ2n) is 4.54. The van der Waals surface area contributed by atoms with Gasteiger partial charge in [-0.3, -0.25) is 0 Å². The molecule has 0 saturated carbocycles. The van der Waals surface area contributed by atoms with Crippen LogP contribution in [-0.2, 0) is 0 Å². The van der Waals surface area contributed by atoms with Gasteiger partial charge in [-0.1, -0.05) is 6.92 Å². The number of rotatable bonds is 4. The molecule has 0 saturated heterocycles. The second-order valence-corrected chi connectivity index (χ2v) is 4.54. The number of aryl methyl sites for hydroxylation is 1. The third-order valence-corrected chi connectivity index (χ3v) is 2.99. The lowest BCUT2D eigenvalue weighted by Crippen LogP contribution is -2.26. The summed E-state index contributed by atoms with van der Waals surface area (Å²) < 4.78 is 1.74. The molecule has 0 fully saturated rings. The molecule has 2 aromatic heterocycles. The predicted molar refractivity (Wildman–Crippen MR) is 67.1 cm³/mol. The van der Waals surface area contributed by atoms with Crippen LogP contribution >= 0.6 is 0 Å². The molecule has 0 spiro atoms. The number of aliphatic hydroxyl groups is 1. The smallest absolute Gasteiger partial charge is 0.243 e. The fraction of sp³-hybridized carbons (Fsp3) is 0.500. The second kappa shape index (κ2) is 4.71. The SMILES string of the molecule is Cc1ccn2nc(NC(C)C(C)CO)nc2c1. The predicted octanol–water partition coefficient (Wildman–Crippen LogP) is 1.47. The van der Waals surface area contributed by atoms with Gasteiger partial charge in [-0.15, -0.1) is 5.10 Å². The number of hydrogen-bond acceptors (Lipinski definition) is 4. The largest absolute Gasteiger partial charge is 0.396 e. The summed E-state index contributed by atoms with van der Waals surface area (Å²) in [6.07, 6.45) is 1.89. The third-order valence-electron chi connectivity index (χ3n) is 2.99. The van der Waals surface area contributed by atoms with Crippen LogP contribution in [-0.4, -0.2) is 32.4 Å². The first-order valence-corrected chi connectivity index (χ1v) is 5.80. The molecule has 2 atom stereocenters. The van der Waals surface area contributed by atoms with Crippen LogP contribution in [0.2, 0.25) is 0 Å². The number of nitrogens with zero attached hydrogens (tertiary/aromatic N) is 3. The maximum absolute atomic E-state index is 9.07. The van der Waals surface area contributed by atoms with Gasteiger partial charge >= 0.3 is 0 Å². The molecule has 0 bridgehead atoms. The van der Waals surface area contributed by atoms with E-state index in [1.807, 2.05) is 39.1 Å². The average Bonchev–Trinajstić information content (AvgIpc) is 2.69. The summed E-state index contributed by atoms with van der Waals surface area (Å²) in [5.41, 5.74) is 1.99. The maximum Gasteiger partial charge on any atom is 0.243 e. The van der Waals surface area contributed by atoms with E-state index in [0.717, 1.165) is 11.2 Å². The highest BCUT2D eigenvalue weighted by atomic mass is 16.3. The molecule has 2 aromatic rings. The quantitative estimate of drug-likeness (QED) is 0.841. The minimum atomic E-state index is 0.138. The van der Waals surface area contributed by atoms with Crippen molar-refractivity contribution >= 4 is 11.6 Å². The van der Waals surface area contributed by atoms with Gasteiger partial charge in [-0.2, -0.15) is 4.98 Å². The lowest BCUT2D eigenvalue weighted by molar-refractivity contribution is 0.226. The first kappa shape index (κ1) is 11.9. The third kappa shape index (κ3) is 2.55. The molecule has 0 aliphatic heterocycles. The molecule has 0 aromatic carbocycles. The van der Waals surface area contributed by atoms with E-state index in [0.29, 0.717) is 5.95 Å². The number of aromatic nitrogens is 3. The number of pyridine rings is 1. The molecule has 17 heavy (non-hydrogen) atoms. The Bertz CT molecular complexity index is 508. The van der Waals surface area contributed by atoms with E-state index in [2.05, 4.69) is 15.4 Å².